The van der Waals surface area contributed by atoms with Crippen molar-refractivity contribution >= 4 is 32.5 Å². The van der Waals surface area contributed by atoms with E-state index in [1.807, 2.05) is 0 Å². The van der Waals surface area contributed by atoms with Gasteiger partial charge in [0.05, 0.1) is 10.6 Å². The fraction of sp³-hybridized carbons (Fsp3) is 0.571. The molecule has 0 aromatic heterocycles. The third kappa shape index (κ3) is 5.98. The van der Waals surface area contributed by atoms with E-state index in [0.29, 0.717) is 6.54 Å². The monoisotopic (exact) mass is 397 g/mol. The maximum atomic E-state index is 12.1. The summed E-state index contributed by atoms with van der Waals surface area (Å²) in [5.74, 6) is -0.141. The lowest BCUT2D eigenvalue weighted by Crippen LogP contribution is -2.42. The van der Waals surface area contributed by atoms with Gasteiger partial charge in [0.1, 0.15) is 0 Å². The molecule has 0 bridgehead atoms. The molecule has 2 unspecified atom stereocenters. The molecule has 0 spiro atoms. The van der Waals surface area contributed by atoms with Crippen molar-refractivity contribution < 1.29 is 16.8 Å². The molecular formula is C14H24ClN3O4S2. The van der Waals surface area contributed by atoms with Crippen molar-refractivity contribution in [2.45, 2.75) is 30.2 Å². The molecular weight excluding hydrogens is 374 g/mol. The highest BCUT2D eigenvalue weighted by atomic mass is 35.5. The summed E-state index contributed by atoms with van der Waals surface area (Å²) in [6.45, 7) is 0.278. The van der Waals surface area contributed by atoms with E-state index in [2.05, 4.69) is 9.44 Å². The van der Waals surface area contributed by atoms with Gasteiger partial charge in [-0.05, 0) is 37.4 Å². The summed E-state index contributed by atoms with van der Waals surface area (Å²) in [6.07, 6.45) is 2.65. The summed E-state index contributed by atoms with van der Waals surface area (Å²) in [5.41, 5.74) is 5.64. The lowest BCUT2D eigenvalue weighted by Gasteiger charge is -2.19. The third-order valence-electron chi connectivity index (χ3n) is 4.01. The van der Waals surface area contributed by atoms with E-state index >= 15 is 0 Å². The van der Waals surface area contributed by atoms with Gasteiger partial charge in [0, 0.05) is 12.6 Å². The van der Waals surface area contributed by atoms with E-state index in [4.69, 9.17) is 5.73 Å². The molecule has 1 aliphatic rings. The van der Waals surface area contributed by atoms with Gasteiger partial charge in [-0.2, -0.15) is 0 Å². The van der Waals surface area contributed by atoms with E-state index in [9.17, 15) is 16.8 Å². The van der Waals surface area contributed by atoms with Gasteiger partial charge in [-0.25, -0.2) is 26.3 Å². The number of sulfonamides is 2. The first kappa shape index (κ1) is 21.3. The lowest BCUT2D eigenvalue weighted by molar-refractivity contribution is 0.453. The number of benzene rings is 1. The molecule has 10 heteroatoms. The summed E-state index contributed by atoms with van der Waals surface area (Å²) >= 11 is 0. The van der Waals surface area contributed by atoms with Crippen LogP contribution in [0.5, 0.6) is 0 Å². The van der Waals surface area contributed by atoms with Crippen LogP contribution in [-0.4, -0.2) is 41.7 Å². The van der Waals surface area contributed by atoms with Crippen molar-refractivity contribution in [1.29, 1.82) is 0 Å². The van der Waals surface area contributed by atoms with Crippen LogP contribution in [0.15, 0.2) is 35.2 Å². The molecule has 1 aromatic carbocycles. The van der Waals surface area contributed by atoms with Crippen LogP contribution >= 0.6 is 12.4 Å². The first-order valence-corrected chi connectivity index (χ1v) is 10.7. The first-order valence-electron chi connectivity index (χ1n) is 7.59. The average molecular weight is 398 g/mol. The van der Waals surface area contributed by atoms with Crippen LogP contribution in [0.2, 0.25) is 0 Å². The van der Waals surface area contributed by atoms with Gasteiger partial charge in [-0.3, -0.25) is 0 Å². The molecule has 1 aliphatic carbocycles. The van der Waals surface area contributed by atoms with Gasteiger partial charge in [0.25, 0.3) is 0 Å². The molecule has 2 rings (SSSR count). The Kier molecular flexibility index (Phi) is 8.10. The largest absolute Gasteiger partial charge is 0.330 e. The van der Waals surface area contributed by atoms with Crippen molar-refractivity contribution in [3.05, 3.63) is 30.3 Å². The Labute approximate surface area is 149 Å². The summed E-state index contributed by atoms with van der Waals surface area (Å²) in [7, 11) is -7.23. The summed E-state index contributed by atoms with van der Waals surface area (Å²) in [4.78, 5) is 0.115. The van der Waals surface area contributed by atoms with Crippen LogP contribution in [0.1, 0.15) is 19.3 Å². The maximum absolute atomic E-state index is 12.1. The third-order valence-corrected chi connectivity index (χ3v) is 6.89. The fourth-order valence-electron chi connectivity index (χ4n) is 2.76. The quantitative estimate of drug-likeness (QED) is 0.588. The zero-order chi connectivity index (χ0) is 16.9. The minimum atomic E-state index is -3.69. The van der Waals surface area contributed by atoms with Gasteiger partial charge in [-0.1, -0.05) is 24.6 Å². The van der Waals surface area contributed by atoms with Gasteiger partial charge < -0.3 is 5.73 Å². The number of nitrogens with two attached hydrogens (primary N) is 1. The van der Waals surface area contributed by atoms with E-state index in [0.717, 1.165) is 19.3 Å². The zero-order valence-electron chi connectivity index (χ0n) is 13.2. The Bertz CT molecular complexity index is 711. The van der Waals surface area contributed by atoms with Gasteiger partial charge in [0.15, 0.2) is 0 Å². The Morgan fingerprint density at radius 3 is 2.38 bits per heavy atom. The van der Waals surface area contributed by atoms with E-state index in [-0.39, 0.29) is 41.6 Å². The molecule has 138 valence electrons. The Morgan fingerprint density at radius 2 is 1.75 bits per heavy atom. The Hall–Kier alpha value is -0.710. The van der Waals surface area contributed by atoms with E-state index in [1.165, 1.54) is 12.1 Å². The van der Waals surface area contributed by atoms with Crippen LogP contribution in [-0.2, 0) is 20.0 Å². The van der Waals surface area contributed by atoms with Crippen LogP contribution in [0.4, 0.5) is 0 Å². The number of halogens is 1. The molecule has 0 radical (unpaired) electrons. The molecule has 0 aliphatic heterocycles. The van der Waals surface area contributed by atoms with E-state index in [1.54, 1.807) is 18.2 Å². The molecule has 24 heavy (non-hydrogen) atoms. The Morgan fingerprint density at radius 1 is 1.08 bits per heavy atom. The summed E-state index contributed by atoms with van der Waals surface area (Å²) in [6, 6.07) is 7.71. The number of nitrogens with one attached hydrogen (secondary N) is 2. The molecule has 2 atom stereocenters. The number of rotatable bonds is 8. The van der Waals surface area contributed by atoms with Crippen LogP contribution < -0.4 is 15.2 Å². The maximum Gasteiger partial charge on any atom is 0.240 e. The molecule has 1 saturated carbocycles. The topological polar surface area (TPSA) is 118 Å². The first-order chi connectivity index (χ1) is 10.8. The van der Waals surface area contributed by atoms with Gasteiger partial charge in [-0.15, -0.1) is 12.4 Å². The second kappa shape index (κ2) is 9.12. The molecule has 1 aromatic rings. The SMILES string of the molecule is Cl.NCC1CCCC1NS(=O)(=O)CCNS(=O)(=O)c1ccccc1. The number of hydrogen-bond acceptors (Lipinski definition) is 5. The smallest absolute Gasteiger partial charge is 0.240 e. The van der Waals surface area contributed by atoms with Crippen molar-refractivity contribution in [2.24, 2.45) is 11.7 Å². The fourth-order valence-corrected chi connectivity index (χ4v) is 5.20. The average Bonchev–Trinajstić information content (AvgIpc) is 2.94. The molecule has 0 saturated heterocycles. The van der Waals surface area contributed by atoms with Crippen LogP contribution in [0.25, 0.3) is 0 Å². The van der Waals surface area contributed by atoms with E-state index < -0.39 is 20.0 Å². The molecule has 1 fully saturated rings. The zero-order valence-corrected chi connectivity index (χ0v) is 15.7. The highest BCUT2D eigenvalue weighted by Crippen LogP contribution is 2.25. The van der Waals surface area contributed by atoms with Crippen molar-refractivity contribution in [3.63, 3.8) is 0 Å². The summed E-state index contributed by atoms with van der Waals surface area (Å²) in [5, 5.41) is 0. The van der Waals surface area contributed by atoms with Crippen LogP contribution in [0, 0.1) is 5.92 Å². The minimum Gasteiger partial charge on any atom is -0.330 e. The lowest BCUT2D eigenvalue weighted by atomic mass is 10.1. The number of hydrogen-bond donors (Lipinski definition) is 3. The standard InChI is InChI=1S/C14H23N3O4S2.ClH/c15-11-12-5-4-8-14(12)17-22(18,19)10-9-16-23(20,21)13-6-2-1-3-7-13;/h1-3,6-7,12,14,16-17H,4-5,8-11,15H2;1H. The molecule has 0 heterocycles. The normalized spacial score (nSPS) is 21.4. The highest BCUT2D eigenvalue weighted by molar-refractivity contribution is 7.90. The predicted octanol–water partition coefficient (Wildman–Crippen LogP) is 0.434. The Balaban J connectivity index is 0.00000288. The minimum absolute atomic E-state index is 0. The molecule has 4 N–H and O–H groups in total. The van der Waals surface area contributed by atoms with Crippen molar-refractivity contribution in [3.8, 4) is 0 Å². The van der Waals surface area contributed by atoms with Gasteiger partial charge >= 0.3 is 0 Å². The van der Waals surface area contributed by atoms with Crippen LogP contribution in [0.3, 0.4) is 0 Å². The van der Waals surface area contributed by atoms with Crippen molar-refractivity contribution in [1.82, 2.24) is 9.44 Å². The van der Waals surface area contributed by atoms with Gasteiger partial charge in [0.2, 0.25) is 20.0 Å². The van der Waals surface area contributed by atoms with Crippen molar-refractivity contribution in [2.75, 3.05) is 18.8 Å². The molecule has 7 nitrogen and oxygen atoms in total. The summed E-state index contributed by atoms with van der Waals surface area (Å²) < 4.78 is 53.2. The second-order valence-electron chi connectivity index (χ2n) is 5.68. The molecule has 0 amide bonds. The highest BCUT2D eigenvalue weighted by Gasteiger charge is 2.29. The predicted molar refractivity (Wildman–Crippen MR) is 96.0 cm³/mol. The second-order valence-corrected chi connectivity index (χ2v) is 9.32.